The minimum absolute atomic E-state index is 0.238. The van der Waals surface area contributed by atoms with Crippen molar-refractivity contribution in [3.63, 3.8) is 0 Å². The molecule has 140 valence electrons. The predicted molar refractivity (Wildman–Crippen MR) is 93.0 cm³/mol. The van der Waals surface area contributed by atoms with Crippen LogP contribution in [0.3, 0.4) is 0 Å². The summed E-state index contributed by atoms with van der Waals surface area (Å²) < 4.78 is 35.6. The maximum Gasteiger partial charge on any atom is 0.249 e. The molecule has 0 radical (unpaired) electrons. The standard InChI is InChI=1S/C16H24FN3O4S/c1-11(2)14(15(21)18-22)16(25(23)24)20-9-7-19(8-10-20)13-6-4-3-5-12(13)17/h3-6,11,14,16,22H,7-10H2,1-2H3,(H,18,21)(H,23,24). The van der Waals surface area contributed by atoms with Gasteiger partial charge < -0.3 is 9.45 Å². The van der Waals surface area contributed by atoms with Crippen LogP contribution in [0.25, 0.3) is 0 Å². The van der Waals surface area contributed by atoms with Crippen molar-refractivity contribution < 1.29 is 23.2 Å². The third-order valence-corrected chi connectivity index (χ3v) is 5.52. The van der Waals surface area contributed by atoms with Crippen molar-refractivity contribution in [3.05, 3.63) is 30.1 Å². The molecule has 1 amide bonds. The minimum Gasteiger partial charge on any atom is -0.367 e. The zero-order chi connectivity index (χ0) is 18.6. The summed E-state index contributed by atoms with van der Waals surface area (Å²) >= 11 is -2.27. The third-order valence-electron chi connectivity index (χ3n) is 4.51. The van der Waals surface area contributed by atoms with Crippen molar-refractivity contribution in [2.45, 2.75) is 19.2 Å². The van der Waals surface area contributed by atoms with E-state index in [0.29, 0.717) is 31.9 Å². The molecular formula is C16H24FN3O4S. The molecule has 9 heteroatoms. The normalized spacial score (nSPS) is 19.5. The number of hydrogen-bond acceptors (Lipinski definition) is 5. The van der Waals surface area contributed by atoms with Gasteiger partial charge in [0.2, 0.25) is 5.91 Å². The van der Waals surface area contributed by atoms with E-state index in [-0.39, 0.29) is 11.7 Å². The van der Waals surface area contributed by atoms with Crippen molar-refractivity contribution >= 4 is 22.7 Å². The number of hydrogen-bond donors (Lipinski definition) is 3. The quantitative estimate of drug-likeness (QED) is 0.395. The fourth-order valence-corrected chi connectivity index (χ4v) is 4.40. The van der Waals surface area contributed by atoms with Gasteiger partial charge in [-0.25, -0.2) is 14.1 Å². The molecule has 0 aliphatic carbocycles. The average molecular weight is 373 g/mol. The first-order valence-electron chi connectivity index (χ1n) is 8.14. The van der Waals surface area contributed by atoms with Gasteiger partial charge in [-0.3, -0.25) is 14.9 Å². The first-order valence-corrected chi connectivity index (χ1v) is 9.31. The van der Waals surface area contributed by atoms with Crippen molar-refractivity contribution in [1.29, 1.82) is 0 Å². The van der Waals surface area contributed by atoms with Gasteiger partial charge in [-0.1, -0.05) is 26.0 Å². The smallest absolute Gasteiger partial charge is 0.249 e. The van der Waals surface area contributed by atoms with E-state index in [1.807, 2.05) is 4.90 Å². The molecule has 2 rings (SSSR count). The molecule has 1 saturated heterocycles. The average Bonchev–Trinajstić information content (AvgIpc) is 2.59. The van der Waals surface area contributed by atoms with E-state index in [0.717, 1.165) is 0 Å². The van der Waals surface area contributed by atoms with E-state index in [2.05, 4.69) is 0 Å². The van der Waals surface area contributed by atoms with Crippen LogP contribution in [0.5, 0.6) is 0 Å². The fourth-order valence-electron chi connectivity index (χ4n) is 3.24. The van der Waals surface area contributed by atoms with Crippen LogP contribution in [0.1, 0.15) is 13.8 Å². The number of amides is 1. The third kappa shape index (κ3) is 4.55. The second kappa shape index (κ2) is 8.70. The molecule has 25 heavy (non-hydrogen) atoms. The molecule has 0 aromatic heterocycles. The molecule has 0 saturated carbocycles. The van der Waals surface area contributed by atoms with Gasteiger partial charge in [0, 0.05) is 26.2 Å². The molecule has 1 aliphatic rings. The number of carbonyl (C=O) groups excluding carboxylic acids is 1. The lowest BCUT2D eigenvalue weighted by Crippen LogP contribution is -2.57. The molecule has 1 fully saturated rings. The summed E-state index contributed by atoms with van der Waals surface area (Å²) in [7, 11) is 0. The highest BCUT2D eigenvalue weighted by Gasteiger charge is 2.40. The molecule has 1 heterocycles. The molecule has 1 aromatic carbocycles. The zero-order valence-corrected chi connectivity index (χ0v) is 15.1. The summed E-state index contributed by atoms with van der Waals surface area (Å²) in [4.78, 5) is 15.6. The molecule has 0 bridgehead atoms. The summed E-state index contributed by atoms with van der Waals surface area (Å²) in [5.41, 5.74) is 2.09. The number of nitrogens with one attached hydrogen (secondary N) is 1. The highest BCUT2D eigenvalue weighted by Crippen LogP contribution is 2.26. The van der Waals surface area contributed by atoms with Crippen molar-refractivity contribution in [3.8, 4) is 0 Å². The van der Waals surface area contributed by atoms with E-state index in [4.69, 9.17) is 5.21 Å². The first kappa shape index (κ1) is 19.8. The fraction of sp³-hybridized carbons (Fsp3) is 0.562. The maximum atomic E-state index is 13.9. The number of anilines is 1. The number of benzene rings is 1. The SMILES string of the molecule is CC(C)C(C(=O)NO)C(N1CCN(c2ccccc2F)CC1)S(=O)O. The van der Waals surface area contributed by atoms with Crippen LogP contribution in [-0.2, 0) is 15.9 Å². The Labute approximate surface area is 149 Å². The van der Waals surface area contributed by atoms with Gasteiger partial charge in [0.15, 0.2) is 11.1 Å². The van der Waals surface area contributed by atoms with E-state index in [1.165, 1.54) is 6.07 Å². The number of para-hydroxylation sites is 1. The molecule has 3 unspecified atom stereocenters. The number of piperazine rings is 1. The topological polar surface area (TPSA) is 93.1 Å². The lowest BCUT2D eigenvalue weighted by Gasteiger charge is -2.41. The molecule has 3 atom stereocenters. The Morgan fingerprint density at radius 2 is 1.84 bits per heavy atom. The zero-order valence-electron chi connectivity index (χ0n) is 14.3. The second-order valence-corrected chi connectivity index (χ2v) is 7.42. The summed E-state index contributed by atoms with van der Waals surface area (Å²) in [6.07, 6.45) is 0. The molecule has 0 spiro atoms. The maximum absolute atomic E-state index is 13.9. The van der Waals surface area contributed by atoms with Crippen LogP contribution in [0.4, 0.5) is 10.1 Å². The van der Waals surface area contributed by atoms with Gasteiger partial charge in [-0.2, -0.15) is 0 Å². The molecular weight excluding hydrogens is 349 g/mol. The van der Waals surface area contributed by atoms with Crippen molar-refractivity contribution in [2.75, 3.05) is 31.1 Å². The van der Waals surface area contributed by atoms with Crippen molar-refractivity contribution in [2.24, 2.45) is 11.8 Å². The van der Waals surface area contributed by atoms with E-state index < -0.39 is 28.3 Å². The monoisotopic (exact) mass is 373 g/mol. The summed E-state index contributed by atoms with van der Waals surface area (Å²) in [6, 6.07) is 6.48. The lowest BCUT2D eigenvalue weighted by molar-refractivity contribution is -0.136. The molecule has 7 nitrogen and oxygen atoms in total. The van der Waals surface area contributed by atoms with E-state index in [9.17, 15) is 17.9 Å². The molecule has 3 N–H and O–H groups in total. The molecule has 1 aromatic rings. The number of carbonyl (C=O) groups is 1. The first-order chi connectivity index (χ1) is 11.9. The Balaban J connectivity index is 2.14. The van der Waals surface area contributed by atoms with Gasteiger partial charge in [-0.15, -0.1) is 0 Å². The Morgan fingerprint density at radius 3 is 2.32 bits per heavy atom. The predicted octanol–water partition coefficient (Wildman–Crippen LogP) is 1.27. The van der Waals surface area contributed by atoms with Crippen LogP contribution in [0, 0.1) is 17.7 Å². The van der Waals surface area contributed by atoms with Crippen LogP contribution < -0.4 is 10.4 Å². The minimum atomic E-state index is -2.27. The van der Waals surface area contributed by atoms with Gasteiger partial charge in [0.25, 0.3) is 0 Å². The van der Waals surface area contributed by atoms with Crippen molar-refractivity contribution in [1.82, 2.24) is 10.4 Å². The van der Waals surface area contributed by atoms with Gasteiger partial charge >= 0.3 is 0 Å². The summed E-state index contributed by atoms with van der Waals surface area (Å²) in [6.45, 7) is 5.28. The largest absolute Gasteiger partial charge is 0.367 e. The van der Waals surface area contributed by atoms with Gasteiger partial charge in [0.05, 0.1) is 11.6 Å². The Hall–Kier alpha value is -1.55. The van der Waals surface area contributed by atoms with Crippen LogP contribution in [0.2, 0.25) is 0 Å². The second-order valence-electron chi connectivity index (χ2n) is 6.39. The number of nitrogens with zero attached hydrogens (tertiary/aromatic N) is 2. The Bertz CT molecular complexity index is 623. The number of hydroxylamine groups is 1. The summed E-state index contributed by atoms with van der Waals surface area (Å²) in [5, 5.41) is 8.02. The van der Waals surface area contributed by atoms with Gasteiger partial charge in [-0.05, 0) is 18.1 Å². The van der Waals surface area contributed by atoms with Crippen LogP contribution in [-0.4, -0.2) is 56.3 Å². The number of halogens is 1. The van der Waals surface area contributed by atoms with E-state index in [1.54, 1.807) is 42.4 Å². The number of rotatable bonds is 6. The van der Waals surface area contributed by atoms with Crippen LogP contribution >= 0.6 is 0 Å². The Morgan fingerprint density at radius 1 is 1.24 bits per heavy atom. The Kier molecular flexibility index (Phi) is 6.88. The van der Waals surface area contributed by atoms with Crippen LogP contribution in [0.15, 0.2) is 24.3 Å². The summed E-state index contributed by atoms with van der Waals surface area (Å²) in [5.74, 6) is -2.06. The lowest BCUT2D eigenvalue weighted by atomic mass is 9.93. The highest BCUT2D eigenvalue weighted by molar-refractivity contribution is 7.79. The molecule has 1 aliphatic heterocycles. The van der Waals surface area contributed by atoms with E-state index >= 15 is 0 Å². The van der Waals surface area contributed by atoms with Gasteiger partial charge in [0.1, 0.15) is 11.2 Å². The highest BCUT2D eigenvalue weighted by atomic mass is 32.2.